The molecule has 1 unspecified atom stereocenters. The average Bonchev–Trinajstić information content (AvgIpc) is 2.68. The summed E-state index contributed by atoms with van der Waals surface area (Å²) >= 11 is 0. The molecule has 5 nitrogen and oxygen atoms in total. The maximum atomic E-state index is 13.7. The molecule has 2 heterocycles. The molecular weight excluding hydrogens is 345 g/mol. The molecular formula is C18H19F3N4O. The zero-order valence-corrected chi connectivity index (χ0v) is 14.3. The maximum absolute atomic E-state index is 13.7. The van der Waals surface area contributed by atoms with Gasteiger partial charge in [0.2, 0.25) is 0 Å². The van der Waals surface area contributed by atoms with Crippen molar-refractivity contribution in [3.63, 3.8) is 0 Å². The van der Waals surface area contributed by atoms with Gasteiger partial charge in [-0.25, -0.2) is 13.2 Å². The van der Waals surface area contributed by atoms with Gasteiger partial charge in [-0.2, -0.15) is 0 Å². The van der Waals surface area contributed by atoms with E-state index in [0.717, 1.165) is 37.8 Å². The van der Waals surface area contributed by atoms with E-state index in [-0.39, 0.29) is 29.1 Å². The van der Waals surface area contributed by atoms with Crippen molar-refractivity contribution in [1.29, 1.82) is 0 Å². The van der Waals surface area contributed by atoms with Gasteiger partial charge in [0.1, 0.15) is 0 Å². The van der Waals surface area contributed by atoms with Gasteiger partial charge in [-0.15, -0.1) is 10.2 Å². The molecule has 1 aliphatic rings. The van der Waals surface area contributed by atoms with Crippen LogP contribution in [0.2, 0.25) is 0 Å². The molecule has 0 bridgehead atoms. The Morgan fingerprint density at radius 3 is 2.65 bits per heavy atom. The number of halogens is 3. The summed E-state index contributed by atoms with van der Waals surface area (Å²) in [6.07, 6.45) is 3.93. The number of piperidine rings is 1. The second-order valence-corrected chi connectivity index (χ2v) is 6.21. The van der Waals surface area contributed by atoms with Gasteiger partial charge >= 0.3 is 0 Å². The minimum atomic E-state index is -1.56. The van der Waals surface area contributed by atoms with Crippen molar-refractivity contribution < 1.29 is 18.0 Å². The van der Waals surface area contributed by atoms with Crippen molar-refractivity contribution in [2.45, 2.75) is 38.6 Å². The molecule has 1 atom stereocenters. The summed E-state index contributed by atoms with van der Waals surface area (Å²) < 4.78 is 39.9. The third-order valence-electron chi connectivity index (χ3n) is 4.54. The predicted molar refractivity (Wildman–Crippen MR) is 90.6 cm³/mol. The molecule has 0 radical (unpaired) electrons. The fourth-order valence-corrected chi connectivity index (χ4v) is 3.11. The van der Waals surface area contributed by atoms with Gasteiger partial charge in [0.25, 0.3) is 5.91 Å². The van der Waals surface area contributed by atoms with E-state index >= 15 is 0 Å². The normalized spacial score (nSPS) is 17.2. The van der Waals surface area contributed by atoms with E-state index in [4.69, 9.17) is 0 Å². The number of anilines is 2. The largest absolute Gasteiger partial charge is 0.336 e. The Morgan fingerprint density at radius 2 is 1.96 bits per heavy atom. The SMILES string of the molecule is CCC1CCCCN1C(=O)c1ccc(Nc2ccc(F)c(F)c2F)nn1. The number of benzene rings is 1. The molecule has 0 spiro atoms. The number of nitrogens with one attached hydrogen (secondary N) is 1. The molecule has 3 rings (SSSR count). The lowest BCUT2D eigenvalue weighted by Gasteiger charge is -2.34. The summed E-state index contributed by atoms with van der Waals surface area (Å²) in [5.41, 5.74) is -0.0685. The third kappa shape index (κ3) is 3.63. The van der Waals surface area contributed by atoms with Crippen molar-refractivity contribution in [3.8, 4) is 0 Å². The highest BCUT2D eigenvalue weighted by Gasteiger charge is 2.27. The first-order valence-electron chi connectivity index (χ1n) is 8.56. The minimum absolute atomic E-state index is 0.122. The number of amides is 1. The van der Waals surface area contributed by atoms with Crippen molar-refractivity contribution in [1.82, 2.24) is 15.1 Å². The van der Waals surface area contributed by atoms with E-state index in [2.05, 4.69) is 15.5 Å². The number of carbonyl (C=O) groups excluding carboxylic acids is 1. The number of likely N-dealkylation sites (tertiary alicyclic amines) is 1. The Hall–Kier alpha value is -2.64. The van der Waals surface area contributed by atoms with Crippen LogP contribution in [0.4, 0.5) is 24.7 Å². The van der Waals surface area contributed by atoms with Crippen LogP contribution in [0.25, 0.3) is 0 Å². The number of carbonyl (C=O) groups is 1. The van der Waals surface area contributed by atoms with Gasteiger partial charge in [0.05, 0.1) is 5.69 Å². The van der Waals surface area contributed by atoms with E-state index in [1.165, 1.54) is 12.1 Å². The van der Waals surface area contributed by atoms with Crippen molar-refractivity contribution >= 4 is 17.4 Å². The molecule has 1 N–H and O–H groups in total. The second-order valence-electron chi connectivity index (χ2n) is 6.21. The Bertz CT molecular complexity index is 798. The molecule has 1 fully saturated rings. The standard InChI is InChI=1S/C18H19F3N4O/c1-2-11-5-3-4-10-25(11)18(26)14-8-9-15(24-23-14)22-13-7-6-12(19)16(20)17(13)21/h6-9,11H,2-5,10H2,1H3,(H,22,24). The average molecular weight is 364 g/mol. The van der Waals surface area contributed by atoms with Crippen molar-refractivity contribution in [2.75, 3.05) is 11.9 Å². The fourth-order valence-electron chi connectivity index (χ4n) is 3.11. The van der Waals surface area contributed by atoms with E-state index in [1.807, 2.05) is 11.8 Å². The minimum Gasteiger partial charge on any atom is -0.336 e. The van der Waals surface area contributed by atoms with Crippen molar-refractivity contribution in [2.24, 2.45) is 0 Å². The summed E-state index contributed by atoms with van der Waals surface area (Å²) in [7, 11) is 0. The Kier molecular flexibility index (Phi) is 5.39. The van der Waals surface area contributed by atoms with Crippen LogP contribution in [0.5, 0.6) is 0 Å². The summed E-state index contributed by atoms with van der Waals surface area (Å²) in [4.78, 5) is 14.4. The van der Waals surface area contributed by atoms with Crippen LogP contribution >= 0.6 is 0 Å². The number of rotatable bonds is 4. The first-order chi connectivity index (χ1) is 12.5. The summed E-state index contributed by atoms with van der Waals surface area (Å²) in [6.45, 7) is 2.74. The zero-order chi connectivity index (χ0) is 18.7. The fraction of sp³-hybridized carbons (Fsp3) is 0.389. The highest BCUT2D eigenvalue weighted by molar-refractivity contribution is 5.92. The Labute approximate surface area is 149 Å². The second kappa shape index (κ2) is 7.72. The van der Waals surface area contributed by atoms with Crippen LogP contribution in [-0.2, 0) is 0 Å². The molecule has 1 aromatic carbocycles. The lowest BCUT2D eigenvalue weighted by atomic mass is 9.99. The quantitative estimate of drug-likeness (QED) is 0.832. The first-order valence-corrected chi connectivity index (χ1v) is 8.56. The maximum Gasteiger partial charge on any atom is 0.274 e. The van der Waals surface area contributed by atoms with Crippen LogP contribution < -0.4 is 5.32 Å². The number of hydrogen-bond acceptors (Lipinski definition) is 4. The molecule has 1 aromatic heterocycles. The summed E-state index contributed by atoms with van der Waals surface area (Å²) in [5.74, 6) is -4.24. The smallest absolute Gasteiger partial charge is 0.274 e. The van der Waals surface area contributed by atoms with Gasteiger partial charge in [-0.3, -0.25) is 4.79 Å². The van der Waals surface area contributed by atoms with Crippen LogP contribution in [0.1, 0.15) is 43.1 Å². The molecule has 2 aromatic rings. The summed E-state index contributed by atoms with van der Waals surface area (Å²) in [6, 6.07) is 5.01. The molecule has 1 aliphatic heterocycles. The first kappa shape index (κ1) is 18.2. The Morgan fingerprint density at radius 1 is 1.15 bits per heavy atom. The molecule has 8 heteroatoms. The molecule has 1 saturated heterocycles. The number of aromatic nitrogens is 2. The van der Waals surface area contributed by atoms with E-state index < -0.39 is 17.5 Å². The molecule has 26 heavy (non-hydrogen) atoms. The van der Waals surface area contributed by atoms with Gasteiger partial charge < -0.3 is 10.2 Å². The van der Waals surface area contributed by atoms with Crippen LogP contribution in [0.3, 0.4) is 0 Å². The monoisotopic (exact) mass is 364 g/mol. The molecule has 0 aliphatic carbocycles. The predicted octanol–water partition coefficient (Wildman–Crippen LogP) is 4.04. The third-order valence-corrected chi connectivity index (χ3v) is 4.54. The summed E-state index contributed by atoms with van der Waals surface area (Å²) in [5, 5.41) is 10.3. The van der Waals surface area contributed by atoms with E-state index in [1.54, 1.807) is 0 Å². The molecule has 138 valence electrons. The van der Waals surface area contributed by atoms with Crippen LogP contribution in [0.15, 0.2) is 24.3 Å². The van der Waals surface area contributed by atoms with Gasteiger partial charge in [0, 0.05) is 12.6 Å². The van der Waals surface area contributed by atoms with Gasteiger partial charge in [-0.05, 0) is 49.9 Å². The van der Waals surface area contributed by atoms with Gasteiger partial charge in [0.15, 0.2) is 29.0 Å². The lowest BCUT2D eigenvalue weighted by molar-refractivity contribution is 0.0601. The van der Waals surface area contributed by atoms with E-state index in [9.17, 15) is 18.0 Å². The topological polar surface area (TPSA) is 58.1 Å². The number of nitrogens with zero attached hydrogens (tertiary/aromatic N) is 3. The highest BCUT2D eigenvalue weighted by Crippen LogP contribution is 2.24. The van der Waals surface area contributed by atoms with Crippen LogP contribution in [-0.4, -0.2) is 33.6 Å². The highest BCUT2D eigenvalue weighted by atomic mass is 19.2. The molecule has 1 amide bonds. The lowest BCUT2D eigenvalue weighted by Crippen LogP contribution is -2.43. The van der Waals surface area contributed by atoms with Crippen LogP contribution in [0, 0.1) is 17.5 Å². The zero-order valence-electron chi connectivity index (χ0n) is 14.3. The van der Waals surface area contributed by atoms with Gasteiger partial charge in [-0.1, -0.05) is 6.92 Å². The number of hydrogen-bond donors (Lipinski definition) is 1. The Balaban J connectivity index is 1.74. The molecule has 0 saturated carbocycles. The van der Waals surface area contributed by atoms with E-state index in [0.29, 0.717) is 6.54 Å². The van der Waals surface area contributed by atoms with Crippen molar-refractivity contribution in [3.05, 3.63) is 47.4 Å².